The van der Waals surface area contributed by atoms with Crippen LogP contribution in [0, 0.1) is 0 Å². The number of benzene rings is 1. The Bertz CT molecular complexity index is 1230. The Morgan fingerprint density at radius 1 is 1.09 bits per heavy atom. The molecule has 1 saturated heterocycles. The van der Waals surface area contributed by atoms with Gasteiger partial charge in [-0.1, -0.05) is 17.3 Å². The predicted molar refractivity (Wildman–Crippen MR) is 114 cm³/mol. The number of hydrogen-bond acceptors (Lipinski definition) is 8. The van der Waals surface area contributed by atoms with Gasteiger partial charge < -0.3 is 9.42 Å². The van der Waals surface area contributed by atoms with Crippen molar-refractivity contribution in [2.75, 3.05) is 31.1 Å². The van der Waals surface area contributed by atoms with Gasteiger partial charge in [-0.2, -0.15) is 18.2 Å². The van der Waals surface area contributed by atoms with Crippen LogP contribution in [-0.4, -0.2) is 51.2 Å². The second kappa shape index (κ2) is 8.14. The first-order chi connectivity index (χ1) is 15.4. The number of alkyl halides is 3. The van der Waals surface area contributed by atoms with E-state index >= 15 is 0 Å². The largest absolute Gasteiger partial charge is 0.416 e. The van der Waals surface area contributed by atoms with Gasteiger partial charge in [-0.3, -0.25) is 4.90 Å². The molecule has 0 N–H and O–H groups in total. The third-order valence-electron chi connectivity index (χ3n) is 5.63. The minimum atomic E-state index is -4.42. The van der Waals surface area contributed by atoms with Gasteiger partial charge in [0, 0.05) is 31.7 Å². The molecule has 1 aliphatic heterocycles. The van der Waals surface area contributed by atoms with Gasteiger partial charge in [0.2, 0.25) is 11.7 Å². The van der Waals surface area contributed by atoms with Crippen molar-refractivity contribution in [2.24, 2.45) is 0 Å². The van der Waals surface area contributed by atoms with E-state index < -0.39 is 11.7 Å². The molecule has 5 rings (SSSR count). The third kappa shape index (κ3) is 3.93. The van der Waals surface area contributed by atoms with Crippen LogP contribution >= 0.6 is 11.3 Å². The summed E-state index contributed by atoms with van der Waals surface area (Å²) in [4.78, 5) is 17.6. The Morgan fingerprint density at radius 2 is 1.91 bits per heavy atom. The maximum atomic E-state index is 13.0. The van der Waals surface area contributed by atoms with Crippen molar-refractivity contribution in [2.45, 2.75) is 19.1 Å². The molecule has 1 fully saturated rings. The van der Waals surface area contributed by atoms with E-state index in [0.29, 0.717) is 5.89 Å². The highest BCUT2D eigenvalue weighted by atomic mass is 32.1. The van der Waals surface area contributed by atoms with Gasteiger partial charge in [0.25, 0.3) is 0 Å². The molecule has 166 valence electrons. The van der Waals surface area contributed by atoms with Crippen LogP contribution in [0.5, 0.6) is 0 Å². The molecule has 0 radical (unpaired) electrons. The molecule has 32 heavy (non-hydrogen) atoms. The van der Waals surface area contributed by atoms with Crippen LogP contribution in [0.15, 0.2) is 46.6 Å². The average Bonchev–Trinajstić information content (AvgIpc) is 3.48. The number of thiophene rings is 1. The van der Waals surface area contributed by atoms with Crippen molar-refractivity contribution >= 4 is 27.4 Å². The van der Waals surface area contributed by atoms with Crippen LogP contribution < -0.4 is 4.90 Å². The summed E-state index contributed by atoms with van der Waals surface area (Å²) in [6.07, 6.45) is -2.83. The summed E-state index contributed by atoms with van der Waals surface area (Å²) in [6.45, 7) is 5.05. The van der Waals surface area contributed by atoms with Gasteiger partial charge in [0.05, 0.1) is 21.8 Å². The van der Waals surface area contributed by atoms with Gasteiger partial charge in [-0.25, -0.2) is 9.97 Å². The van der Waals surface area contributed by atoms with Crippen molar-refractivity contribution in [1.82, 2.24) is 25.0 Å². The van der Waals surface area contributed by atoms with Crippen LogP contribution in [0.3, 0.4) is 0 Å². The number of aromatic nitrogens is 4. The van der Waals surface area contributed by atoms with Gasteiger partial charge in [-0.05, 0) is 30.5 Å². The lowest BCUT2D eigenvalue weighted by Gasteiger charge is -2.37. The Morgan fingerprint density at radius 3 is 2.69 bits per heavy atom. The normalized spacial score (nSPS) is 16.6. The van der Waals surface area contributed by atoms with E-state index in [2.05, 4.69) is 29.9 Å². The van der Waals surface area contributed by atoms with E-state index in [1.54, 1.807) is 23.7 Å². The highest BCUT2D eigenvalue weighted by molar-refractivity contribution is 7.17. The number of piperazine rings is 1. The molecule has 4 aromatic rings. The third-order valence-corrected chi connectivity index (χ3v) is 6.53. The van der Waals surface area contributed by atoms with Crippen molar-refractivity contribution in [3.05, 3.63) is 53.5 Å². The first kappa shape index (κ1) is 20.8. The zero-order valence-corrected chi connectivity index (χ0v) is 17.9. The standard InChI is InChI=1S/C21H19F3N6OS/c1-13(20-27-18(28-31-20)14-3-2-4-15(11-14)21(22,23)24)29-6-8-30(9-7-29)19-17-16(5-10-32-17)25-12-26-19/h2-5,10-13H,6-9H2,1H3. The number of nitrogens with zero attached hydrogens (tertiary/aromatic N) is 6. The first-order valence-electron chi connectivity index (χ1n) is 10.1. The molecule has 0 aliphatic carbocycles. The fraction of sp³-hybridized carbons (Fsp3) is 0.333. The van der Waals surface area contributed by atoms with E-state index in [0.717, 1.165) is 54.3 Å². The van der Waals surface area contributed by atoms with Crippen LogP contribution in [0.1, 0.15) is 24.4 Å². The number of halogens is 3. The molecule has 7 nitrogen and oxygen atoms in total. The summed E-state index contributed by atoms with van der Waals surface area (Å²) in [5.74, 6) is 1.48. The molecule has 1 aliphatic rings. The topological polar surface area (TPSA) is 71.2 Å². The smallest absolute Gasteiger partial charge is 0.353 e. The predicted octanol–water partition coefficient (Wildman–Crippen LogP) is 4.64. The average molecular weight is 460 g/mol. The monoisotopic (exact) mass is 460 g/mol. The Hall–Kier alpha value is -3.05. The maximum absolute atomic E-state index is 13.0. The van der Waals surface area contributed by atoms with Crippen molar-refractivity contribution in [3.63, 3.8) is 0 Å². The molecule has 0 amide bonds. The Kier molecular flexibility index (Phi) is 5.30. The highest BCUT2D eigenvalue weighted by Gasteiger charge is 2.31. The van der Waals surface area contributed by atoms with Crippen LogP contribution in [0.25, 0.3) is 21.6 Å². The lowest BCUT2D eigenvalue weighted by molar-refractivity contribution is -0.137. The van der Waals surface area contributed by atoms with Gasteiger partial charge in [0.1, 0.15) is 12.1 Å². The molecule has 1 aromatic carbocycles. The zero-order valence-electron chi connectivity index (χ0n) is 17.1. The second-order valence-corrected chi connectivity index (χ2v) is 8.48. The molecule has 4 heterocycles. The molecule has 0 bridgehead atoms. The molecule has 1 unspecified atom stereocenters. The fourth-order valence-electron chi connectivity index (χ4n) is 3.84. The van der Waals surface area contributed by atoms with Gasteiger partial charge >= 0.3 is 6.18 Å². The molecule has 0 spiro atoms. The van der Waals surface area contributed by atoms with E-state index in [1.807, 2.05) is 18.4 Å². The number of fused-ring (bicyclic) bond motifs is 1. The zero-order chi connectivity index (χ0) is 22.3. The maximum Gasteiger partial charge on any atom is 0.416 e. The number of rotatable bonds is 4. The van der Waals surface area contributed by atoms with Crippen LogP contribution in [0.2, 0.25) is 0 Å². The summed E-state index contributed by atoms with van der Waals surface area (Å²) in [7, 11) is 0. The van der Waals surface area contributed by atoms with Crippen molar-refractivity contribution in [3.8, 4) is 11.4 Å². The first-order valence-corrected chi connectivity index (χ1v) is 11.0. The SMILES string of the molecule is CC(c1nc(-c2cccc(C(F)(F)F)c2)no1)N1CCN(c2ncnc3ccsc23)CC1. The van der Waals surface area contributed by atoms with E-state index in [4.69, 9.17) is 4.52 Å². The summed E-state index contributed by atoms with van der Waals surface area (Å²) in [5.41, 5.74) is 0.481. The molecule has 1 atom stereocenters. The van der Waals surface area contributed by atoms with Gasteiger partial charge in [-0.15, -0.1) is 11.3 Å². The summed E-state index contributed by atoms with van der Waals surface area (Å²) >= 11 is 1.63. The second-order valence-electron chi connectivity index (χ2n) is 7.57. The van der Waals surface area contributed by atoms with E-state index in [1.165, 1.54) is 6.07 Å². The molecular formula is C21H19F3N6OS. The fourth-order valence-corrected chi connectivity index (χ4v) is 4.70. The summed E-state index contributed by atoms with van der Waals surface area (Å²) in [5, 5.41) is 5.92. The Balaban J connectivity index is 1.28. The van der Waals surface area contributed by atoms with E-state index in [-0.39, 0.29) is 17.4 Å². The number of anilines is 1. The quantitative estimate of drug-likeness (QED) is 0.439. The minimum absolute atomic E-state index is 0.151. The van der Waals surface area contributed by atoms with Gasteiger partial charge in [0.15, 0.2) is 0 Å². The van der Waals surface area contributed by atoms with E-state index in [9.17, 15) is 13.2 Å². The summed E-state index contributed by atoms with van der Waals surface area (Å²) < 4.78 is 45.5. The van der Waals surface area contributed by atoms with Crippen molar-refractivity contribution in [1.29, 1.82) is 0 Å². The van der Waals surface area contributed by atoms with Crippen LogP contribution in [0.4, 0.5) is 19.0 Å². The summed E-state index contributed by atoms with van der Waals surface area (Å²) in [6, 6.07) is 6.77. The Labute approximate surface area is 185 Å². The lowest BCUT2D eigenvalue weighted by Crippen LogP contribution is -2.47. The molecule has 3 aromatic heterocycles. The van der Waals surface area contributed by atoms with Crippen molar-refractivity contribution < 1.29 is 17.7 Å². The molecular weight excluding hydrogens is 441 g/mol. The lowest BCUT2D eigenvalue weighted by atomic mass is 10.1. The number of hydrogen-bond donors (Lipinski definition) is 0. The molecule has 11 heteroatoms. The minimum Gasteiger partial charge on any atom is -0.353 e. The molecule has 0 saturated carbocycles. The highest BCUT2D eigenvalue weighted by Crippen LogP contribution is 2.33. The van der Waals surface area contributed by atoms with Crippen LogP contribution in [-0.2, 0) is 6.18 Å².